The molecule has 0 radical (unpaired) electrons. The zero-order valence-corrected chi connectivity index (χ0v) is 13.5. The summed E-state index contributed by atoms with van der Waals surface area (Å²) in [6.07, 6.45) is 3.61. The Hall–Kier alpha value is -2.41. The van der Waals surface area contributed by atoms with Crippen LogP contribution in [0.15, 0.2) is 42.7 Å². The number of carbonyl (C=O) groups excluding carboxylic acids is 1. The van der Waals surface area contributed by atoms with E-state index in [1.165, 1.54) is 0 Å². The molecule has 2 N–H and O–H groups in total. The van der Waals surface area contributed by atoms with Crippen LogP contribution in [0.25, 0.3) is 0 Å². The maximum absolute atomic E-state index is 11.9. The lowest BCUT2D eigenvalue weighted by Crippen LogP contribution is -2.35. The number of aromatic amines is 1. The van der Waals surface area contributed by atoms with Gasteiger partial charge in [0.1, 0.15) is 6.54 Å². The van der Waals surface area contributed by atoms with Crippen LogP contribution in [0.1, 0.15) is 30.4 Å². The molecule has 120 valence electrons. The average Bonchev–Trinajstić information content (AvgIpc) is 3.17. The number of hydrogen-bond donors (Lipinski definition) is 2. The monoisotopic (exact) mass is 330 g/mol. The van der Waals surface area contributed by atoms with Gasteiger partial charge in [-0.1, -0.05) is 6.07 Å². The third kappa shape index (κ3) is 3.19. The number of ether oxygens (including phenoxy) is 1. The number of nitrogens with zero attached hydrogens (tertiary/aromatic N) is 2. The fourth-order valence-electron chi connectivity index (χ4n) is 2.79. The van der Waals surface area contributed by atoms with Gasteiger partial charge in [-0.3, -0.25) is 9.78 Å². The third-order valence-electron chi connectivity index (χ3n) is 3.74. The van der Waals surface area contributed by atoms with E-state index in [0.29, 0.717) is 11.7 Å². The van der Waals surface area contributed by atoms with Crippen LogP contribution in [0, 0.1) is 0 Å². The molecule has 1 aliphatic rings. The second-order valence-corrected chi connectivity index (χ2v) is 5.57. The van der Waals surface area contributed by atoms with Crippen molar-refractivity contribution in [1.29, 1.82) is 0 Å². The lowest BCUT2D eigenvalue weighted by molar-refractivity contribution is -0.143. The van der Waals surface area contributed by atoms with Crippen molar-refractivity contribution < 1.29 is 9.53 Å². The number of rotatable bonds is 5. The molecule has 2 aromatic heterocycles. The van der Waals surface area contributed by atoms with Gasteiger partial charge in [0.05, 0.1) is 24.4 Å². The number of nitrogens with one attached hydrogen (secondary N) is 2. The Kier molecular flexibility index (Phi) is 4.57. The highest BCUT2D eigenvalue weighted by atomic mass is 32.1. The molecule has 2 atom stereocenters. The predicted octanol–water partition coefficient (Wildman–Crippen LogP) is 1.95. The molecular formula is C16H18N4O2S. The Labute approximate surface area is 139 Å². The molecular weight excluding hydrogens is 312 g/mol. The molecule has 1 fully saturated rings. The van der Waals surface area contributed by atoms with Gasteiger partial charge in [-0.2, -0.15) is 0 Å². The zero-order chi connectivity index (χ0) is 16.2. The number of esters is 1. The number of hydrogen-bond acceptors (Lipinski definition) is 4. The molecule has 0 spiro atoms. The highest BCUT2D eigenvalue weighted by Crippen LogP contribution is 2.37. The van der Waals surface area contributed by atoms with E-state index in [-0.39, 0.29) is 24.6 Å². The Morgan fingerprint density at radius 1 is 1.39 bits per heavy atom. The van der Waals surface area contributed by atoms with Crippen molar-refractivity contribution in [2.45, 2.75) is 19.0 Å². The van der Waals surface area contributed by atoms with Crippen molar-refractivity contribution >= 4 is 23.3 Å². The Bertz CT molecular complexity index is 675. The summed E-state index contributed by atoms with van der Waals surface area (Å²) in [5, 5.41) is 3.79. The van der Waals surface area contributed by atoms with Crippen molar-refractivity contribution in [3.63, 3.8) is 0 Å². The van der Waals surface area contributed by atoms with Crippen LogP contribution in [0.3, 0.4) is 0 Å². The molecule has 7 heteroatoms. The Balaban J connectivity index is 1.92. The van der Waals surface area contributed by atoms with Gasteiger partial charge in [-0.05, 0) is 43.4 Å². The number of aromatic nitrogens is 2. The van der Waals surface area contributed by atoms with Crippen LogP contribution >= 0.6 is 12.2 Å². The van der Waals surface area contributed by atoms with Crippen molar-refractivity contribution in [3.05, 3.63) is 54.1 Å². The SMILES string of the molecule is CCOC(=O)CN1C(=S)N[C@H](c2ccccn2)[C@H]1c1ccc[nH]1. The molecule has 2 aromatic rings. The van der Waals surface area contributed by atoms with E-state index in [0.717, 1.165) is 11.4 Å². The van der Waals surface area contributed by atoms with E-state index >= 15 is 0 Å². The maximum Gasteiger partial charge on any atom is 0.325 e. The minimum atomic E-state index is -0.296. The zero-order valence-electron chi connectivity index (χ0n) is 12.7. The number of pyridine rings is 1. The maximum atomic E-state index is 11.9. The molecule has 1 aliphatic heterocycles. The average molecular weight is 330 g/mol. The van der Waals surface area contributed by atoms with Gasteiger partial charge in [-0.25, -0.2) is 0 Å². The summed E-state index contributed by atoms with van der Waals surface area (Å²) in [7, 11) is 0. The quantitative estimate of drug-likeness (QED) is 0.645. The van der Waals surface area contributed by atoms with Crippen LogP contribution in [-0.2, 0) is 9.53 Å². The highest BCUT2D eigenvalue weighted by molar-refractivity contribution is 7.80. The largest absolute Gasteiger partial charge is 0.465 e. The van der Waals surface area contributed by atoms with E-state index in [1.54, 1.807) is 13.1 Å². The first kappa shape index (κ1) is 15.5. The fraction of sp³-hybridized carbons (Fsp3) is 0.312. The van der Waals surface area contributed by atoms with Crippen LogP contribution in [0.2, 0.25) is 0 Å². The van der Waals surface area contributed by atoms with Gasteiger partial charge < -0.3 is 19.9 Å². The van der Waals surface area contributed by atoms with E-state index in [1.807, 2.05) is 41.4 Å². The molecule has 23 heavy (non-hydrogen) atoms. The van der Waals surface area contributed by atoms with Gasteiger partial charge in [-0.15, -0.1) is 0 Å². The lowest BCUT2D eigenvalue weighted by atomic mass is 10.0. The van der Waals surface area contributed by atoms with Crippen LogP contribution < -0.4 is 5.32 Å². The van der Waals surface area contributed by atoms with Crippen LogP contribution in [0.5, 0.6) is 0 Å². The molecule has 1 saturated heterocycles. The van der Waals surface area contributed by atoms with Crippen molar-refractivity contribution in [2.75, 3.05) is 13.2 Å². The summed E-state index contributed by atoms with van der Waals surface area (Å²) in [6, 6.07) is 9.39. The first-order valence-corrected chi connectivity index (χ1v) is 7.88. The smallest absolute Gasteiger partial charge is 0.325 e. The minimum absolute atomic E-state index is 0.104. The first-order chi connectivity index (χ1) is 11.2. The van der Waals surface area contributed by atoms with Gasteiger partial charge in [0.15, 0.2) is 5.11 Å². The van der Waals surface area contributed by atoms with Crippen molar-refractivity contribution in [3.8, 4) is 0 Å². The standard InChI is InChI=1S/C16H18N4O2S/c1-2-22-13(21)10-20-15(12-7-5-9-18-12)14(19-16(20)23)11-6-3-4-8-17-11/h3-9,14-15,18H,2,10H2,1H3,(H,19,23)/t14-,15-/m1/s1. The van der Waals surface area contributed by atoms with Gasteiger partial charge >= 0.3 is 5.97 Å². The molecule has 0 saturated carbocycles. The molecule has 0 amide bonds. The number of thiocarbonyl (C=S) groups is 1. The number of carbonyl (C=O) groups is 1. The Morgan fingerprint density at radius 3 is 2.91 bits per heavy atom. The molecule has 0 aliphatic carbocycles. The molecule has 6 nitrogen and oxygen atoms in total. The summed E-state index contributed by atoms with van der Waals surface area (Å²) in [5.41, 5.74) is 1.85. The molecule has 0 unspecified atom stereocenters. The van der Waals surface area contributed by atoms with Crippen molar-refractivity contribution in [2.24, 2.45) is 0 Å². The van der Waals surface area contributed by atoms with E-state index in [2.05, 4.69) is 15.3 Å². The molecule has 0 bridgehead atoms. The summed E-state index contributed by atoms with van der Waals surface area (Å²) < 4.78 is 5.06. The second-order valence-electron chi connectivity index (χ2n) is 5.18. The summed E-state index contributed by atoms with van der Waals surface area (Å²) in [4.78, 5) is 21.4. The predicted molar refractivity (Wildman–Crippen MR) is 89.6 cm³/mol. The van der Waals surface area contributed by atoms with Gasteiger partial charge in [0.25, 0.3) is 0 Å². The fourth-order valence-corrected chi connectivity index (χ4v) is 3.09. The third-order valence-corrected chi connectivity index (χ3v) is 4.10. The first-order valence-electron chi connectivity index (χ1n) is 7.47. The van der Waals surface area contributed by atoms with Crippen molar-refractivity contribution in [1.82, 2.24) is 20.2 Å². The molecule has 3 rings (SSSR count). The summed E-state index contributed by atoms with van der Waals surface area (Å²) >= 11 is 5.44. The van der Waals surface area contributed by atoms with E-state index in [9.17, 15) is 4.79 Å². The molecule has 3 heterocycles. The van der Waals surface area contributed by atoms with E-state index in [4.69, 9.17) is 17.0 Å². The lowest BCUT2D eigenvalue weighted by Gasteiger charge is -2.25. The number of H-pyrrole nitrogens is 1. The normalized spacial score (nSPS) is 20.4. The van der Waals surface area contributed by atoms with Gasteiger partial charge in [0, 0.05) is 18.1 Å². The minimum Gasteiger partial charge on any atom is -0.465 e. The topological polar surface area (TPSA) is 70.2 Å². The van der Waals surface area contributed by atoms with Crippen LogP contribution in [0.4, 0.5) is 0 Å². The molecule has 0 aromatic carbocycles. The highest BCUT2D eigenvalue weighted by Gasteiger charge is 2.41. The van der Waals surface area contributed by atoms with E-state index < -0.39 is 0 Å². The summed E-state index contributed by atoms with van der Waals surface area (Å²) in [6.45, 7) is 2.24. The van der Waals surface area contributed by atoms with Crippen LogP contribution in [-0.4, -0.2) is 39.1 Å². The second kappa shape index (κ2) is 6.78. The summed E-state index contributed by atoms with van der Waals surface area (Å²) in [5.74, 6) is -0.296. The Morgan fingerprint density at radius 2 is 2.26 bits per heavy atom. The van der Waals surface area contributed by atoms with Gasteiger partial charge in [0.2, 0.25) is 0 Å².